The molecule has 0 radical (unpaired) electrons. The van der Waals surface area contributed by atoms with Gasteiger partial charge in [0.2, 0.25) is 0 Å². The summed E-state index contributed by atoms with van der Waals surface area (Å²) >= 11 is 11.3. The van der Waals surface area contributed by atoms with Crippen LogP contribution in [0.25, 0.3) is 0 Å². The first-order chi connectivity index (χ1) is 7.08. The lowest BCUT2D eigenvalue weighted by molar-refractivity contribution is 0.629. The summed E-state index contributed by atoms with van der Waals surface area (Å²) in [6, 6.07) is 2.83. The molecule has 0 aliphatic heterocycles. The van der Waals surface area contributed by atoms with E-state index in [9.17, 15) is 4.39 Å². The number of hydrogen-bond donors (Lipinski definition) is 1. The van der Waals surface area contributed by atoms with E-state index in [1.807, 2.05) is 0 Å². The Labute approximate surface area is 96.9 Å². The SMILES string of the molecule is NC(=Nc1cc(Cl)c(F)c(Cl)c1)C1CC1. The van der Waals surface area contributed by atoms with Gasteiger partial charge in [-0.15, -0.1) is 0 Å². The molecule has 1 aliphatic rings. The standard InChI is InChI=1S/C10H9Cl2FN2/c11-7-3-6(4-8(12)9(7)13)15-10(14)5-1-2-5/h3-5H,1-2H2,(H2,14,15). The maximum absolute atomic E-state index is 13.1. The lowest BCUT2D eigenvalue weighted by Gasteiger charge is -2.01. The van der Waals surface area contributed by atoms with Gasteiger partial charge < -0.3 is 5.73 Å². The fourth-order valence-electron chi connectivity index (χ4n) is 1.23. The quantitative estimate of drug-likeness (QED) is 0.484. The van der Waals surface area contributed by atoms with Crippen LogP contribution in [0.3, 0.4) is 0 Å². The molecule has 0 saturated heterocycles. The number of amidine groups is 1. The Morgan fingerprint density at radius 1 is 1.33 bits per heavy atom. The van der Waals surface area contributed by atoms with Gasteiger partial charge in [-0.3, -0.25) is 0 Å². The zero-order valence-electron chi connectivity index (χ0n) is 7.80. The molecule has 0 aromatic heterocycles. The monoisotopic (exact) mass is 246 g/mol. The van der Waals surface area contributed by atoms with Crippen LogP contribution in [0.1, 0.15) is 12.8 Å². The molecule has 1 saturated carbocycles. The summed E-state index contributed by atoms with van der Waals surface area (Å²) in [7, 11) is 0. The number of benzene rings is 1. The zero-order chi connectivity index (χ0) is 11.0. The first-order valence-corrected chi connectivity index (χ1v) is 5.32. The van der Waals surface area contributed by atoms with E-state index in [0.29, 0.717) is 17.4 Å². The van der Waals surface area contributed by atoms with Crippen molar-refractivity contribution in [3.63, 3.8) is 0 Å². The molecule has 1 aromatic rings. The summed E-state index contributed by atoms with van der Waals surface area (Å²) in [4.78, 5) is 4.14. The van der Waals surface area contributed by atoms with Gasteiger partial charge in [-0.2, -0.15) is 0 Å². The van der Waals surface area contributed by atoms with Crippen LogP contribution in [0.2, 0.25) is 10.0 Å². The molecule has 5 heteroatoms. The van der Waals surface area contributed by atoms with Crippen LogP contribution < -0.4 is 5.73 Å². The second kappa shape index (κ2) is 3.99. The Morgan fingerprint density at radius 2 is 1.87 bits per heavy atom. The molecule has 1 fully saturated rings. The largest absolute Gasteiger partial charge is 0.387 e. The highest BCUT2D eigenvalue weighted by Gasteiger charge is 2.25. The van der Waals surface area contributed by atoms with Crippen LogP contribution in [0.5, 0.6) is 0 Å². The Morgan fingerprint density at radius 3 is 2.33 bits per heavy atom. The number of halogens is 3. The number of hydrogen-bond acceptors (Lipinski definition) is 1. The Hall–Kier alpha value is -0.800. The maximum atomic E-state index is 13.1. The van der Waals surface area contributed by atoms with Gasteiger partial charge in [0.05, 0.1) is 15.7 Å². The van der Waals surface area contributed by atoms with E-state index >= 15 is 0 Å². The van der Waals surface area contributed by atoms with Crippen molar-refractivity contribution in [2.45, 2.75) is 12.8 Å². The molecule has 0 unspecified atom stereocenters. The van der Waals surface area contributed by atoms with Gasteiger partial charge in [0, 0.05) is 5.92 Å². The van der Waals surface area contributed by atoms with Crippen LogP contribution in [-0.2, 0) is 0 Å². The Kier molecular flexibility index (Phi) is 2.85. The summed E-state index contributed by atoms with van der Waals surface area (Å²) in [6.45, 7) is 0. The highest BCUT2D eigenvalue weighted by atomic mass is 35.5. The van der Waals surface area contributed by atoms with Crippen LogP contribution in [0.15, 0.2) is 17.1 Å². The van der Waals surface area contributed by atoms with Crippen molar-refractivity contribution in [1.82, 2.24) is 0 Å². The normalized spacial score (nSPS) is 16.9. The Bertz CT molecular complexity index is 404. The van der Waals surface area contributed by atoms with E-state index in [1.165, 1.54) is 12.1 Å². The average Bonchev–Trinajstić information content (AvgIpc) is 2.96. The van der Waals surface area contributed by atoms with Gasteiger partial charge in [0.1, 0.15) is 5.84 Å². The lowest BCUT2D eigenvalue weighted by atomic mass is 10.3. The fourth-order valence-corrected chi connectivity index (χ4v) is 1.70. The second-order valence-electron chi connectivity index (χ2n) is 3.53. The minimum absolute atomic E-state index is 0.0372. The summed E-state index contributed by atoms with van der Waals surface area (Å²) in [5, 5.41) is -0.0744. The first-order valence-electron chi connectivity index (χ1n) is 4.56. The predicted octanol–water partition coefficient (Wildman–Crippen LogP) is 3.53. The highest BCUT2D eigenvalue weighted by molar-refractivity contribution is 6.35. The Balaban J connectivity index is 2.32. The van der Waals surface area contributed by atoms with E-state index in [-0.39, 0.29) is 10.0 Å². The molecule has 1 aliphatic carbocycles. The predicted molar refractivity (Wildman–Crippen MR) is 60.4 cm³/mol. The van der Waals surface area contributed by atoms with Gasteiger partial charge in [-0.25, -0.2) is 9.38 Å². The number of rotatable bonds is 2. The molecule has 0 atom stereocenters. The van der Waals surface area contributed by atoms with Crippen molar-refractivity contribution < 1.29 is 4.39 Å². The minimum atomic E-state index is -0.623. The molecular formula is C10H9Cl2FN2. The van der Waals surface area contributed by atoms with Crippen molar-refractivity contribution in [2.24, 2.45) is 16.6 Å². The molecule has 2 nitrogen and oxygen atoms in total. The van der Waals surface area contributed by atoms with Crippen LogP contribution in [-0.4, -0.2) is 5.84 Å². The van der Waals surface area contributed by atoms with Crippen LogP contribution in [0.4, 0.5) is 10.1 Å². The van der Waals surface area contributed by atoms with Crippen molar-refractivity contribution in [3.8, 4) is 0 Å². The summed E-state index contributed by atoms with van der Waals surface area (Å²) in [6.07, 6.45) is 2.13. The van der Waals surface area contributed by atoms with Crippen molar-refractivity contribution >= 4 is 34.7 Å². The zero-order valence-corrected chi connectivity index (χ0v) is 9.32. The molecule has 2 N–H and O–H groups in total. The highest BCUT2D eigenvalue weighted by Crippen LogP contribution is 2.32. The molecular weight excluding hydrogens is 238 g/mol. The smallest absolute Gasteiger partial charge is 0.160 e. The van der Waals surface area contributed by atoms with E-state index < -0.39 is 5.82 Å². The molecule has 15 heavy (non-hydrogen) atoms. The van der Waals surface area contributed by atoms with E-state index in [4.69, 9.17) is 28.9 Å². The molecule has 1 aromatic carbocycles. The van der Waals surface area contributed by atoms with Gasteiger partial charge >= 0.3 is 0 Å². The third-order valence-electron chi connectivity index (χ3n) is 2.22. The fraction of sp³-hybridized carbons (Fsp3) is 0.300. The van der Waals surface area contributed by atoms with Crippen LogP contribution in [0, 0.1) is 11.7 Å². The van der Waals surface area contributed by atoms with E-state index in [1.54, 1.807) is 0 Å². The molecule has 0 bridgehead atoms. The van der Waals surface area contributed by atoms with E-state index in [2.05, 4.69) is 4.99 Å². The van der Waals surface area contributed by atoms with Crippen molar-refractivity contribution in [1.29, 1.82) is 0 Å². The van der Waals surface area contributed by atoms with Crippen molar-refractivity contribution in [2.75, 3.05) is 0 Å². The minimum Gasteiger partial charge on any atom is -0.387 e. The molecule has 0 spiro atoms. The topological polar surface area (TPSA) is 38.4 Å². The van der Waals surface area contributed by atoms with Gasteiger partial charge in [0.15, 0.2) is 5.82 Å². The third-order valence-corrected chi connectivity index (χ3v) is 2.77. The summed E-state index contributed by atoms with van der Waals surface area (Å²) in [5.41, 5.74) is 6.22. The van der Waals surface area contributed by atoms with Gasteiger partial charge in [-0.1, -0.05) is 23.2 Å². The molecule has 80 valence electrons. The number of nitrogens with zero attached hydrogens (tertiary/aromatic N) is 1. The second-order valence-corrected chi connectivity index (χ2v) is 4.35. The summed E-state index contributed by atoms with van der Waals surface area (Å²) in [5.74, 6) is 0.309. The maximum Gasteiger partial charge on any atom is 0.160 e. The van der Waals surface area contributed by atoms with Crippen LogP contribution >= 0.6 is 23.2 Å². The molecule has 0 heterocycles. The van der Waals surface area contributed by atoms with Gasteiger partial charge in [0.25, 0.3) is 0 Å². The summed E-state index contributed by atoms with van der Waals surface area (Å²) < 4.78 is 13.1. The first kappa shape index (κ1) is 10.7. The lowest BCUT2D eigenvalue weighted by Crippen LogP contribution is -2.12. The van der Waals surface area contributed by atoms with E-state index in [0.717, 1.165) is 12.8 Å². The average molecular weight is 247 g/mol. The number of nitrogens with two attached hydrogens (primary N) is 1. The third kappa shape index (κ3) is 2.41. The van der Waals surface area contributed by atoms with Gasteiger partial charge in [-0.05, 0) is 25.0 Å². The number of aliphatic imine (C=N–C) groups is 1. The molecule has 0 amide bonds. The molecule has 2 rings (SSSR count). The van der Waals surface area contributed by atoms with Crippen molar-refractivity contribution in [3.05, 3.63) is 28.0 Å².